The predicted octanol–water partition coefficient (Wildman–Crippen LogP) is 1.97. The van der Waals surface area contributed by atoms with Crippen LogP contribution >= 0.6 is 0 Å². The molecule has 0 unspecified atom stereocenters. The Kier molecular flexibility index (Phi) is 4.39. The number of allylic oxidation sites excluding steroid dienone is 1. The minimum atomic E-state index is -0.611. The Labute approximate surface area is 97.6 Å². The zero-order chi connectivity index (χ0) is 12.8. The van der Waals surface area contributed by atoms with Crippen LogP contribution in [-0.2, 0) is 9.59 Å². The average Bonchev–Trinajstić information content (AvgIpc) is 2.27. The van der Waals surface area contributed by atoms with E-state index in [1.165, 1.54) is 26.2 Å². The highest BCUT2D eigenvalue weighted by molar-refractivity contribution is 5.75. The zero-order valence-corrected chi connectivity index (χ0v) is 9.40. The summed E-state index contributed by atoms with van der Waals surface area (Å²) in [5.74, 6) is -0.966. The molecule has 1 aromatic carbocycles. The second-order valence-corrected chi connectivity index (χ2v) is 3.11. The van der Waals surface area contributed by atoms with Crippen LogP contribution in [0.1, 0.15) is 12.5 Å². The lowest BCUT2D eigenvalue weighted by Gasteiger charge is -2.09. The van der Waals surface area contributed by atoms with E-state index in [0.29, 0.717) is 6.29 Å². The van der Waals surface area contributed by atoms with Crippen molar-refractivity contribution < 1.29 is 23.5 Å². The molecule has 0 aliphatic rings. The molecule has 0 saturated carbocycles. The van der Waals surface area contributed by atoms with E-state index >= 15 is 0 Å². The number of hydrogen-bond acceptors (Lipinski definition) is 4. The van der Waals surface area contributed by atoms with Gasteiger partial charge in [0, 0.05) is 18.6 Å². The lowest BCUT2D eigenvalue weighted by atomic mass is 10.1. The molecule has 0 aliphatic carbocycles. The van der Waals surface area contributed by atoms with Gasteiger partial charge >= 0.3 is 5.97 Å². The molecule has 1 rings (SSSR count). The first-order valence-electron chi connectivity index (χ1n) is 4.76. The smallest absolute Gasteiger partial charge is 0.308 e. The van der Waals surface area contributed by atoms with Crippen molar-refractivity contribution >= 4 is 18.3 Å². The van der Waals surface area contributed by atoms with Gasteiger partial charge in [-0.15, -0.1) is 0 Å². The van der Waals surface area contributed by atoms with Crippen molar-refractivity contribution in [2.75, 3.05) is 7.11 Å². The Bertz CT molecular complexity index is 466. The Morgan fingerprint density at radius 2 is 2.06 bits per heavy atom. The van der Waals surface area contributed by atoms with Gasteiger partial charge in [-0.1, -0.05) is 0 Å². The van der Waals surface area contributed by atoms with Gasteiger partial charge in [0.1, 0.15) is 12.1 Å². The summed E-state index contributed by atoms with van der Waals surface area (Å²) in [4.78, 5) is 20.9. The lowest BCUT2D eigenvalue weighted by Crippen LogP contribution is -2.04. The minimum absolute atomic E-state index is 0.000697. The molecule has 0 spiro atoms. The predicted molar refractivity (Wildman–Crippen MR) is 59.4 cm³/mol. The summed E-state index contributed by atoms with van der Waals surface area (Å²) in [6, 6.07) is 2.37. The van der Waals surface area contributed by atoms with Gasteiger partial charge in [-0.2, -0.15) is 0 Å². The van der Waals surface area contributed by atoms with Gasteiger partial charge in [0.05, 0.1) is 7.11 Å². The molecule has 17 heavy (non-hydrogen) atoms. The summed E-state index contributed by atoms with van der Waals surface area (Å²) in [5, 5.41) is 0. The molecular weight excluding hydrogens is 227 g/mol. The highest BCUT2D eigenvalue weighted by atomic mass is 19.1. The molecule has 0 atom stereocenters. The van der Waals surface area contributed by atoms with E-state index in [2.05, 4.69) is 0 Å². The molecule has 0 fully saturated rings. The van der Waals surface area contributed by atoms with E-state index in [1.54, 1.807) is 0 Å². The third-order valence-corrected chi connectivity index (χ3v) is 1.89. The molecule has 0 amide bonds. The first-order chi connectivity index (χ1) is 8.08. The van der Waals surface area contributed by atoms with Gasteiger partial charge in [0.15, 0.2) is 11.5 Å². The average molecular weight is 238 g/mol. The topological polar surface area (TPSA) is 52.6 Å². The van der Waals surface area contributed by atoms with Crippen LogP contribution in [0.4, 0.5) is 4.39 Å². The van der Waals surface area contributed by atoms with Gasteiger partial charge in [0.2, 0.25) is 0 Å². The number of aldehydes is 1. The van der Waals surface area contributed by atoms with E-state index in [-0.39, 0.29) is 17.1 Å². The van der Waals surface area contributed by atoms with Gasteiger partial charge in [-0.25, -0.2) is 4.39 Å². The number of rotatable bonds is 4. The van der Waals surface area contributed by atoms with Gasteiger partial charge in [0.25, 0.3) is 0 Å². The van der Waals surface area contributed by atoms with Crippen molar-refractivity contribution in [3.05, 3.63) is 29.6 Å². The number of carbonyl (C=O) groups is 2. The quantitative estimate of drug-likeness (QED) is 0.348. The molecule has 0 heterocycles. The molecule has 0 radical (unpaired) electrons. The molecular formula is C12H11FO4. The number of methoxy groups -OCH3 is 1. The number of esters is 1. The SMILES string of the molecule is COc1cc(/C=C/C=O)c(F)cc1OC(C)=O. The number of halogens is 1. The van der Waals surface area contributed by atoms with Crippen molar-refractivity contribution in [1.29, 1.82) is 0 Å². The normalized spacial score (nSPS) is 10.3. The van der Waals surface area contributed by atoms with Gasteiger partial charge < -0.3 is 9.47 Å². The van der Waals surface area contributed by atoms with Crippen LogP contribution in [0.2, 0.25) is 0 Å². The van der Waals surface area contributed by atoms with Crippen LogP contribution in [-0.4, -0.2) is 19.4 Å². The van der Waals surface area contributed by atoms with E-state index < -0.39 is 11.8 Å². The lowest BCUT2D eigenvalue weighted by molar-refractivity contribution is -0.132. The largest absolute Gasteiger partial charge is 0.493 e. The monoisotopic (exact) mass is 238 g/mol. The molecule has 1 aromatic rings. The summed E-state index contributed by atoms with van der Waals surface area (Å²) in [5.41, 5.74) is 0.171. The van der Waals surface area contributed by atoms with Crippen molar-refractivity contribution in [2.45, 2.75) is 6.92 Å². The van der Waals surface area contributed by atoms with Crippen LogP contribution in [0.5, 0.6) is 11.5 Å². The first-order valence-corrected chi connectivity index (χ1v) is 4.76. The second kappa shape index (κ2) is 5.79. The molecule has 90 valence electrons. The first kappa shape index (κ1) is 12.9. The van der Waals surface area contributed by atoms with Crippen LogP contribution in [0.25, 0.3) is 6.08 Å². The van der Waals surface area contributed by atoms with Crippen LogP contribution < -0.4 is 9.47 Å². The standard InChI is InChI=1S/C12H11FO4/c1-8(15)17-12-7-10(13)9(4-3-5-14)6-11(12)16-2/h3-7H,1-2H3/b4-3+. The summed E-state index contributed by atoms with van der Waals surface area (Å²) in [6.45, 7) is 1.21. The van der Waals surface area contributed by atoms with Crippen molar-refractivity contribution in [3.63, 3.8) is 0 Å². The van der Waals surface area contributed by atoms with E-state index in [4.69, 9.17) is 9.47 Å². The highest BCUT2D eigenvalue weighted by Gasteiger charge is 2.11. The molecule has 0 bridgehead atoms. The maximum atomic E-state index is 13.5. The van der Waals surface area contributed by atoms with E-state index in [1.807, 2.05) is 0 Å². The molecule has 0 aromatic heterocycles. The fourth-order valence-electron chi connectivity index (χ4n) is 1.22. The van der Waals surface area contributed by atoms with Crippen molar-refractivity contribution in [1.82, 2.24) is 0 Å². The van der Waals surface area contributed by atoms with Crippen LogP contribution in [0.3, 0.4) is 0 Å². The summed E-state index contributed by atoms with van der Waals surface area (Å²) >= 11 is 0. The summed E-state index contributed by atoms with van der Waals surface area (Å²) in [7, 11) is 1.37. The number of carbonyl (C=O) groups excluding carboxylic acids is 2. The maximum absolute atomic E-state index is 13.5. The number of hydrogen-bond donors (Lipinski definition) is 0. The molecule has 5 heteroatoms. The highest BCUT2D eigenvalue weighted by Crippen LogP contribution is 2.30. The van der Waals surface area contributed by atoms with Crippen LogP contribution in [0.15, 0.2) is 18.2 Å². The molecule has 0 saturated heterocycles. The van der Waals surface area contributed by atoms with Gasteiger partial charge in [-0.05, 0) is 18.2 Å². The molecule has 0 N–H and O–H groups in total. The third kappa shape index (κ3) is 3.41. The second-order valence-electron chi connectivity index (χ2n) is 3.11. The van der Waals surface area contributed by atoms with Gasteiger partial charge in [-0.3, -0.25) is 9.59 Å². The molecule has 4 nitrogen and oxygen atoms in total. The van der Waals surface area contributed by atoms with E-state index in [0.717, 1.165) is 12.1 Å². The maximum Gasteiger partial charge on any atom is 0.308 e. The number of benzene rings is 1. The Balaban J connectivity index is 3.18. The van der Waals surface area contributed by atoms with Crippen LogP contribution in [0, 0.1) is 5.82 Å². The zero-order valence-electron chi connectivity index (χ0n) is 9.40. The fraction of sp³-hybridized carbons (Fsp3) is 0.167. The summed E-state index contributed by atoms with van der Waals surface area (Å²) < 4.78 is 23.3. The van der Waals surface area contributed by atoms with Crippen molar-refractivity contribution in [3.8, 4) is 11.5 Å². The van der Waals surface area contributed by atoms with Crippen molar-refractivity contribution in [2.24, 2.45) is 0 Å². The Morgan fingerprint density at radius 1 is 1.35 bits per heavy atom. The van der Waals surface area contributed by atoms with E-state index in [9.17, 15) is 14.0 Å². The molecule has 0 aliphatic heterocycles. The Morgan fingerprint density at radius 3 is 2.59 bits per heavy atom. The fourth-order valence-corrected chi connectivity index (χ4v) is 1.22. The minimum Gasteiger partial charge on any atom is -0.493 e. The summed E-state index contributed by atoms with van der Waals surface area (Å²) in [6.07, 6.45) is 2.98. The third-order valence-electron chi connectivity index (χ3n) is 1.89. The Hall–Kier alpha value is -2.17. The number of ether oxygens (including phenoxy) is 2.